The molecule has 3 nitrogen and oxygen atoms in total. The molecule has 1 aromatic rings. The first-order valence-electron chi connectivity index (χ1n) is 7.87. The van der Waals surface area contributed by atoms with Crippen molar-refractivity contribution in [1.82, 2.24) is 4.90 Å². The van der Waals surface area contributed by atoms with E-state index >= 15 is 0 Å². The third-order valence-electron chi connectivity index (χ3n) is 5.30. The maximum Gasteiger partial charge on any atom is 0.241 e. The number of hydrogen-bond donors (Lipinski definition) is 0. The standard InChI is InChI=1S/C17H22N2OS/c1-18(13-6-9-21-11-13)10-16(20)19-12-17(7-8-17)14-4-2-3-5-15(14)19/h2-5,13H,6-12H2,1H3/t13-/m0/s1. The van der Waals surface area contributed by atoms with E-state index < -0.39 is 0 Å². The normalized spacial score (nSPS) is 25.6. The van der Waals surface area contributed by atoms with Gasteiger partial charge in [0, 0.05) is 29.4 Å². The third kappa shape index (κ3) is 2.29. The molecule has 2 fully saturated rings. The van der Waals surface area contributed by atoms with Gasteiger partial charge in [-0.25, -0.2) is 0 Å². The Kier molecular flexibility index (Phi) is 3.27. The van der Waals surface area contributed by atoms with Crippen LogP contribution in [0.15, 0.2) is 24.3 Å². The Morgan fingerprint density at radius 1 is 1.43 bits per heavy atom. The summed E-state index contributed by atoms with van der Waals surface area (Å²) in [5.41, 5.74) is 2.86. The van der Waals surface area contributed by atoms with E-state index in [-0.39, 0.29) is 5.91 Å². The fourth-order valence-electron chi connectivity index (χ4n) is 3.73. The zero-order chi connectivity index (χ0) is 14.4. The molecule has 0 aromatic heterocycles. The Balaban J connectivity index is 1.50. The lowest BCUT2D eigenvalue weighted by Gasteiger charge is -2.26. The number of thioether (sulfide) groups is 1. The van der Waals surface area contributed by atoms with Gasteiger partial charge in [0.2, 0.25) is 5.91 Å². The minimum absolute atomic E-state index is 0.269. The van der Waals surface area contributed by atoms with E-state index in [0.717, 1.165) is 12.2 Å². The minimum atomic E-state index is 0.269. The van der Waals surface area contributed by atoms with Crippen molar-refractivity contribution < 1.29 is 4.79 Å². The van der Waals surface area contributed by atoms with Crippen molar-refractivity contribution in [3.63, 3.8) is 0 Å². The number of carbonyl (C=O) groups excluding carboxylic acids is 1. The largest absolute Gasteiger partial charge is 0.310 e. The molecule has 1 saturated carbocycles. The van der Waals surface area contributed by atoms with Gasteiger partial charge in [-0.3, -0.25) is 9.69 Å². The lowest BCUT2D eigenvalue weighted by atomic mass is 9.99. The van der Waals surface area contributed by atoms with Crippen molar-refractivity contribution in [2.75, 3.05) is 36.5 Å². The molecule has 0 unspecified atom stereocenters. The predicted molar refractivity (Wildman–Crippen MR) is 88.1 cm³/mol. The van der Waals surface area contributed by atoms with Crippen LogP contribution in [0.25, 0.3) is 0 Å². The molecule has 1 aromatic carbocycles. The number of hydrogen-bond acceptors (Lipinski definition) is 3. The maximum atomic E-state index is 12.8. The molecule has 4 rings (SSSR count). The second-order valence-corrected chi connectivity index (χ2v) is 7.86. The highest BCUT2D eigenvalue weighted by molar-refractivity contribution is 7.99. The van der Waals surface area contributed by atoms with Crippen LogP contribution in [0.2, 0.25) is 0 Å². The molecule has 1 spiro atoms. The molecular formula is C17H22N2OS. The molecule has 2 heterocycles. The molecule has 1 saturated heterocycles. The van der Waals surface area contributed by atoms with E-state index in [0.29, 0.717) is 18.0 Å². The monoisotopic (exact) mass is 302 g/mol. The van der Waals surface area contributed by atoms with Gasteiger partial charge in [0.15, 0.2) is 0 Å². The van der Waals surface area contributed by atoms with Crippen molar-refractivity contribution >= 4 is 23.4 Å². The molecule has 3 aliphatic rings. The Labute approximate surface area is 130 Å². The molecule has 112 valence electrons. The second kappa shape index (κ2) is 5.03. The molecule has 0 radical (unpaired) electrons. The summed E-state index contributed by atoms with van der Waals surface area (Å²) in [6.07, 6.45) is 3.70. The predicted octanol–water partition coefficient (Wildman–Crippen LogP) is 2.50. The topological polar surface area (TPSA) is 23.6 Å². The minimum Gasteiger partial charge on any atom is -0.310 e. The van der Waals surface area contributed by atoms with E-state index in [4.69, 9.17) is 0 Å². The molecule has 1 amide bonds. The number of benzene rings is 1. The van der Waals surface area contributed by atoms with Gasteiger partial charge >= 0.3 is 0 Å². The molecular weight excluding hydrogens is 280 g/mol. The highest BCUT2D eigenvalue weighted by Gasteiger charge is 2.52. The number of fused-ring (bicyclic) bond motifs is 2. The van der Waals surface area contributed by atoms with E-state index in [9.17, 15) is 4.79 Å². The van der Waals surface area contributed by atoms with Gasteiger partial charge in [-0.1, -0.05) is 18.2 Å². The summed E-state index contributed by atoms with van der Waals surface area (Å²) >= 11 is 2.00. The number of anilines is 1. The van der Waals surface area contributed by atoms with Gasteiger partial charge in [-0.05, 0) is 43.7 Å². The van der Waals surface area contributed by atoms with E-state index in [2.05, 4.69) is 36.2 Å². The molecule has 21 heavy (non-hydrogen) atoms. The molecule has 1 atom stereocenters. The number of nitrogens with zero attached hydrogens (tertiary/aromatic N) is 2. The van der Waals surface area contributed by atoms with E-state index in [1.807, 2.05) is 16.7 Å². The third-order valence-corrected chi connectivity index (χ3v) is 6.44. The Hall–Kier alpha value is -1.00. The van der Waals surface area contributed by atoms with Crippen LogP contribution in [0, 0.1) is 0 Å². The van der Waals surface area contributed by atoms with Gasteiger partial charge in [-0.15, -0.1) is 0 Å². The van der Waals surface area contributed by atoms with Crippen LogP contribution in [-0.4, -0.2) is 48.5 Å². The average molecular weight is 302 g/mol. The van der Waals surface area contributed by atoms with Crippen LogP contribution in [0.4, 0.5) is 5.69 Å². The summed E-state index contributed by atoms with van der Waals surface area (Å²) in [5.74, 6) is 2.68. The first-order chi connectivity index (χ1) is 10.2. The highest BCUT2D eigenvalue weighted by atomic mass is 32.2. The van der Waals surface area contributed by atoms with Gasteiger partial charge in [-0.2, -0.15) is 11.8 Å². The van der Waals surface area contributed by atoms with Crippen molar-refractivity contribution in [2.24, 2.45) is 0 Å². The van der Waals surface area contributed by atoms with Crippen LogP contribution in [0.3, 0.4) is 0 Å². The summed E-state index contributed by atoms with van der Waals surface area (Å²) in [4.78, 5) is 17.1. The molecule has 4 heteroatoms. The summed E-state index contributed by atoms with van der Waals surface area (Å²) in [7, 11) is 2.10. The summed E-state index contributed by atoms with van der Waals surface area (Å²) < 4.78 is 0. The number of amides is 1. The zero-order valence-electron chi connectivity index (χ0n) is 12.5. The lowest BCUT2D eigenvalue weighted by molar-refractivity contribution is -0.119. The highest BCUT2D eigenvalue weighted by Crippen LogP contribution is 2.56. The van der Waals surface area contributed by atoms with Gasteiger partial charge in [0.05, 0.1) is 6.54 Å². The van der Waals surface area contributed by atoms with E-state index in [1.165, 1.54) is 36.3 Å². The zero-order valence-corrected chi connectivity index (χ0v) is 13.4. The first kappa shape index (κ1) is 13.6. The Morgan fingerprint density at radius 2 is 2.24 bits per heavy atom. The van der Waals surface area contributed by atoms with Crippen molar-refractivity contribution in [3.05, 3.63) is 29.8 Å². The lowest BCUT2D eigenvalue weighted by Crippen LogP contribution is -2.43. The second-order valence-electron chi connectivity index (χ2n) is 6.71. The fraction of sp³-hybridized carbons (Fsp3) is 0.588. The number of para-hydroxylation sites is 1. The van der Waals surface area contributed by atoms with E-state index in [1.54, 1.807) is 0 Å². The summed E-state index contributed by atoms with van der Waals surface area (Å²) in [6.45, 7) is 1.45. The fourth-order valence-corrected chi connectivity index (χ4v) is 5.03. The Morgan fingerprint density at radius 3 is 2.95 bits per heavy atom. The smallest absolute Gasteiger partial charge is 0.241 e. The van der Waals surface area contributed by atoms with Crippen LogP contribution in [0.1, 0.15) is 24.8 Å². The molecule has 1 aliphatic carbocycles. The maximum absolute atomic E-state index is 12.8. The Bertz CT molecular complexity index is 564. The van der Waals surface area contributed by atoms with Crippen LogP contribution in [-0.2, 0) is 10.2 Å². The van der Waals surface area contributed by atoms with Crippen LogP contribution < -0.4 is 4.90 Å². The van der Waals surface area contributed by atoms with Gasteiger partial charge in [0.25, 0.3) is 0 Å². The number of carbonyl (C=O) groups is 1. The van der Waals surface area contributed by atoms with Crippen molar-refractivity contribution in [1.29, 1.82) is 0 Å². The number of rotatable bonds is 3. The summed E-state index contributed by atoms with van der Waals surface area (Å²) in [6, 6.07) is 9.07. The average Bonchev–Trinajstić information content (AvgIpc) is 2.95. The quantitative estimate of drug-likeness (QED) is 0.857. The van der Waals surface area contributed by atoms with Crippen molar-refractivity contribution in [2.45, 2.75) is 30.7 Å². The first-order valence-corrected chi connectivity index (χ1v) is 9.03. The van der Waals surface area contributed by atoms with Crippen LogP contribution >= 0.6 is 11.8 Å². The van der Waals surface area contributed by atoms with Gasteiger partial charge in [0.1, 0.15) is 0 Å². The molecule has 2 aliphatic heterocycles. The SMILES string of the molecule is CN(CC(=O)N1CC2(CC2)c2ccccc21)[C@H]1CCSC1. The van der Waals surface area contributed by atoms with Gasteiger partial charge < -0.3 is 4.90 Å². The molecule has 0 bridgehead atoms. The number of likely N-dealkylation sites (N-methyl/N-ethyl adjacent to an activating group) is 1. The van der Waals surface area contributed by atoms with Crippen molar-refractivity contribution in [3.8, 4) is 0 Å². The molecule has 0 N–H and O–H groups in total. The summed E-state index contributed by atoms with van der Waals surface area (Å²) in [5, 5.41) is 0. The van der Waals surface area contributed by atoms with Crippen LogP contribution in [0.5, 0.6) is 0 Å².